The van der Waals surface area contributed by atoms with Crippen molar-refractivity contribution in [1.29, 1.82) is 0 Å². The third kappa shape index (κ3) is 30.6. The van der Waals surface area contributed by atoms with Gasteiger partial charge in [-0.1, -0.05) is 289 Å². The molecule has 0 amide bonds. The Morgan fingerprint density at radius 3 is 0.765 bits per heavy atom. The van der Waals surface area contributed by atoms with Gasteiger partial charge in [0.25, 0.3) is 0 Å². The number of rotatable bonds is 40. The minimum atomic E-state index is -1.56. The Morgan fingerprint density at radius 2 is 0.506 bits per heavy atom. The fourth-order valence-corrected chi connectivity index (χ4v) is 12.1. The summed E-state index contributed by atoms with van der Waals surface area (Å²) in [5, 5.41) is 0. The first-order chi connectivity index (χ1) is 41.0. The molecule has 458 valence electrons. The van der Waals surface area contributed by atoms with Crippen LogP contribution in [0.4, 0.5) is 0 Å². The first kappa shape index (κ1) is 75.2. The van der Waals surface area contributed by atoms with Crippen LogP contribution in [0.2, 0.25) is 19.6 Å². The van der Waals surface area contributed by atoms with E-state index in [0.717, 1.165) is 51.4 Å². The first-order valence-corrected chi connectivity index (χ1v) is 39.1. The van der Waals surface area contributed by atoms with Crippen molar-refractivity contribution in [1.82, 2.24) is 0 Å². The van der Waals surface area contributed by atoms with Gasteiger partial charge in [0.1, 0.15) is 8.07 Å². The van der Waals surface area contributed by atoms with Gasteiger partial charge in [0, 0.05) is 33.4 Å². The van der Waals surface area contributed by atoms with Crippen molar-refractivity contribution in [3.63, 3.8) is 0 Å². The topological polar surface area (TPSA) is 0 Å². The average Bonchev–Trinajstić information content (AvgIpc) is 3.12. The standard InChI is InChI=1S/C83H121Si.Li/c1-12-20-28-36-44-69-52-53-70(45-37-29-21-13-2)77(62-69)54-55-78-63-72(47-39-31-23-15-4)79(64-71(78)46-38-30-22-14-3)56-57-80-65-74(49-41-33-25-17-6)81(66-73(80)48-40-32-24-16-5)58-59-82-67-76(51-43-35-27-19-8)83(60-61-84(9,10)11)68-75(82)50-42-34-26-18-7;/h52,62-68H,12-51H2,1-11H3;/q-1;+1. The van der Waals surface area contributed by atoms with Gasteiger partial charge in [-0.25, -0.2) is 0 Å². The van der Waals surface area contributed by atoms with E-state index in [1.54, 1.807) is 0 Å². The van der Waals surface area contributed by atoms with Crippen LogP contribution in [0, 0.1) is 53.1 Å². The van der Waals surface area contributed by atoms with Crippen molar-refractivity contribution in [2.24, 2.45) is 0 Å². The number of benzene rings is 4. The summed E-state index contributed by atoms with van der Waals surface area (Å²) in [6, 6.07) is 23.4. The van der Waals surface area contributed by atoms with Crippen molar-refractivity contribution < 1.29 is 18.9 Å². The van der Waals surface area contributed by atoms with E-state index in [-0.39, 0.29) is 18.9 Å². The Morgan fingerprint density at radius 1 is 0.271 bits per heavy atom. The van der Waals surface area contributed by atoms with Crippen LogP contribution in [0.3, 0.4) is 0 Å². The molecule has 0 atom stereocenters. The summed E-state index contributed by atoms with van der Waals surface area (Å²) in [7, 11) is -1.56. The number of aryl methyl sites for hydroxylation is 8. The Labute approximate surface area is 540 Å². The van der Waals surface area contributed by atoms with Crippen LogP contribution < -0.4 is 18.9 Å². The maximum atomic E-state index is 3.96. The molecule has 0 N–H and O–H groups in total. The molecule has 85 heavy (non-hydrogen) atoms. The summed E-state index contributed by atoms with van der Waals surface area (Å²) >= 11 is 0. The van der Waals surface area contributed by atoms with Crippen LogP contribution in [0.5, 0.6) is 0 Å². The molecule has 0 bridgehead atoms. The smallest absolute Gasteiger partial charge is 0.179 e. The van der Waals surface area contributed by atoms with Crippen LogP contribution in [-0.2, 0) is 51.4 Å². The van der Waals surface area contributed by atoms with Crippen molar-refractivity contribution >= 4 is 8.07 Å². The van der Waals surface area contributed by atoms with Gasteiger partial charge in [-0.15, -0.1) is 17.0 Å². The minimum Gasteiger partial charge on any atom is -0.179 e. The largest absolute Gasteiger partial charge is 1.00 e. The second-order valence-electron chi connectivity index (χ2n) is 26.1. The van der Waals surface area contributed by atoms with Crippen molar-refractivity contribution in [3.05, 3.63) is 138 Å². The molecule has 0 aromatic heterocycles. The Kier molecular flexibility index (Phi) is 40.8. The van der Waals surface area contributed by atoms with Crippen molar-refractivity contribution in [3.8, 4) is 47.0 Å². The summed E-state index contributed by atoms with van der Waals surface area (Å²) in [5.74, 6) is 27.3. The van der Waals surface area contributed by atoms with Crippen LogP contribution >= 0.6 is 0 Å². The van der Waals surface area contributed by atoms with Gasteiger partial charge in [0.2, 0.25) is 0 Å². The molecule has 0 saturated heterocycles. The van der Waals surface area contributed by atoms with Crippen LogP contribution in [0.15, 0.2) is 48.5 Å². The van der Waals surface area contributed by atoms with Gasteiger partial charge in [0.05, 0.1) is 0 Å². The molecule has 0 radical (unpaired) electrons. The van der Waals surface area contributed by atoms with Crippen LogP contribution in [0.1, 0.15) is 344 Å². The van der Waals surface area contributed by atoms with E-state index in [4.69, 9.17) is 0 Å². The van der Waals surface area contributed by atoms with Crippen molar-refractivity contribution in [2.75, 3.05) is 0 Å². The normalized spacial score (nSPS) is 11.0. The number of unbranched alkanes of at least 4 members (excludes halogenated alkanes) is 24. The van der Waals surface area contributed by atoms with E-state index in [1.165, 1.54) is 289 Å². The number of hydrogen-bond donors (Lipinski definition) is 0. The molecule has 0 heterocycles. The molecule has 0 unspecified atom stereocenters. The molecule has 4 aromatic rings. The molecule has 0 aliphatic carbocycles. The van der Waals surface area contributed by atoms with Gasteiger partial charge in [-0.3, -0.25) is 0 Å². The summed E-state index contributed by atoms with van der Waals surface area (Å²) in [6.45, 7) is 25.6. The Bertz CT molecular complexity index is 2750. The molecule has 0 saturated carbocycles. The first-order valence-electron chi connectivity index (χ1n) is 35.6. The summed E-state index contributed by atoms with van der Waals surface area (Å²) in [5.41, 5.74) is 23.2. The van der Waals surface area contributed by atoms with Crippen molar-refractivity contribution in [2.45, 2.75) is 332 Å². The zero-order valence-corrected chi connectivity index (χ0v) is 58.4. The fourth-order valence-electron chi connectivity index (χ4n) is 11.6. The van der Waals surface area contributed by atoms with Gasteiger partial charge in [-0.05, 0) is 153 Å². The second kappa shape index (κ2) is 46.1. The number of hydrogen-bond acceptors (Lipinski definition) is 0. The summed E-state index contributed by atoms with van der Waals surface area (Å²) in [6.07, 6.45) is 48.2. The molecular weight excluding hydrogens is 1030 g/mol. The third-order valence-electron chi connectivity index (χ3n) is 17.0. The van der Waals surface area contributed by atoms with Gasteiger partial charge in [-0.2, -0.15) is 23.8 Å². The fraction of sp³-hybridized carbons (Fsp3) is 0.614. The van der Waals surface area contributed by atoms with Crippen LogP contribution in [0.25, 0.3) is 0 Å². The molecule has 0 fully saturated rings. The third-order valence-corrected chi connectivity index (χ3v) is 17.9. The molecule has 0 nitrogen and oxygen atoms in total. The molecule has 0 aliphatic heterocycles. The predicted molar refractivity (Wildman–Crippen MR) is 376 cm³/mol. The van der Waals surface area contributed by atoms with Gasteiger partial charge in [0.15, 0.2) is 0 Å². The minimum absolute atomic E-state index is 0. The quantitative estimate of drug-likeness (QED) is 0.0180. The van der Waals surface area contributed by atoms with Gasteiger partial charge < -0.3 is 0 Å². The van der Waals surface area contributed by atoms with E-state index in [0.29, 0.717) is 0 Å². The molecular formula is C83H121LiSi. The SMILES string of the molecule is CCCCCCc1c[c-]c(CCCCCC)c(C#Cc2cc(CCCCCC)c(C#Cc3cc(CCCCCC)c(C#Cc4cc(CCCCCC)c(C#C[Si](C)(C)C)cc4CCCCCC)cc3CCCCCC)cc2CCCCCC)c1.[Li+]. The Hall–Kier alpha value is -4.07. The van der Waals surface area contributed by atoms with E-state index in [2.05, 4.69) is 177 Å². The van der Waals surface area contributed by atoms with E-state index >= 15 is 0 Å². The molecule has 4 rings (SSSR count). The Balaban J connectivity index is 0.0000189. The van der Waals surface area contributed by atoms with Crippen LogP contribution in [-0.4, -0.2) is 8.07 Å². The monoisotopic (exact) mass is 1150 g/mol. The molecule has 2 heteroatoms. The molecule has 0 aliphatic rings. The summed E-state index contributed by atoms with van der Waals surface area (Å²) in [4.78, 5) is 0. The van der Waals surface area contributed by atoms with E-state index in [1.807, 2.05) is 0 Å². The zero-order valence-electron chi connectivity index (χ0n) is 57.4. The molecule has 0 spiro atoms. The maximum absolute atomic E-state index is 3.96. The zero-order chi connectivity index (χ0) is 60.5. The predicted octanol–water partition coefficient (Wildman–Crippen LogP) is 20.9. The second-order valence-corrected chi connectivity index (χ2v) is 30.9. The van der Waals surface area contributed by atoms with E-state index < -0.39 is 8.07 Å². The maximum Gasteiger partial charge on any atom is 1.00 e. The van der Waals surface area contributed by atoms with E-state index in [9.17, 15) is 0 Å². The molecule has 4 aromatic carbocycles. The van der Waals surface area contributed by atoms with Gasteiger partial charge >= 0.3 is 18.9 Å². The summed E-state index contributed by atoms with van der Waals surface area (Å²) < 4.78 is 0. The average molecular weight is 1150 g/mol.